The molecule has 0 spiro atoms. The SMILES string of the molecule is CC.CN1N=CCCCC1=O. The van der Waals surface area contributed by atoms with Gasteiger partial charge >= 0.3 is 0 Å². The predicted molar refractivity (Wildman–Crippen MR) is 46.5 cm³/mol. The zero-order chi connectivity index (χ0) is 8.69. The highest BCUT2D eigenvalue weighted by atomic mass is 16.2. The predicted octanol–water partition coefficient (Wildman–Crippen LogP) is 1.64. The van der Waals surface area contributed by atoms with E-state index in [-0.39, 0.29) is 5.91 Å². The standard InChI is InChI=1S/C6H10N2O.C2H6/c1-8-6(9)4-2-3-5-7-8;1-2/h5H,2-4H2,1H3;1-2H3. The number of hydrazone groups is 1. The van der Waals surface area contributed by atoms with Crippen molar-refractivity contribution in [3.8, 4) is 0 Å². The van der Waals surface area contributed by atoms with E-state index in [0.717, 1.165) is 12.8 Å². The van der Waals surface area contributed by atoms with Gasteiger partial charge in [0.2, 0.25) is 5.91 Å². The van der Waals surface area contributed by atoms with Crippen molar-refractivity contribution in [1.29, 1.82) is 0 Å². The van der Waals surface area contributed by atoms with Crippen LogP contribution in [0.3, 0.4) is 0 Å². The largest absolute Gasteiger partial charge is 0.273 e. The third-order valence-corrected chi connectivity index (χ3v) is 1.34. The molecule has 0 saturated carbocycles. The van der Waals surface area contributed by atoms with E-state index in [1.807, 2.05) is 13.8 Å². The Labute approximate surface area is 68.1 Å². The molecule has 0 aliphatic carbocycles. The molecule has 0 atom stereocenters. The molecule has 1 amide bonds. The molecule has 0 aromatic carbocycles. The quantitative estimate of drug-likeness (QED) is 0.524. The molecule has 0 fully saturated rings. The summed E-state index contributed by atoms with van der Waals surface area (Å²) < 4.78 is 0. The highest BCUT2D eigenvalue weighted by molar-refractivity contribution is 5.78. The van der Waals surface area contributed by atoms with Crippen LogP contribution in [0.4, 0.5) is 0 Å². The Morgan fingerprint density at radius 2 is 2.18 bits per heavy atom. The van der Waals surface area contributed by atoms with E-state index in [1.165, 1.54) is 5.01 Å². The molecular formula is C8H16N2O. The van der Waals surface area contributed by atoms with Crippen molar-refractivity contribution in [2.24, 2.45) is 5.10 Å². The number of rotatable bonds is 0. The first kappa shape index (κ1) is 10.1. The van der Waals surface area contributed by atoms with E-state index < -0.39 is 0 Å². The summed E-state index contributed by atoms with van der Waals surface area (Å²) in [5.41, 5.74) is 0. The highest BCUT2D eigenvalue weighted by Crippen LogP contribution is 2.02. The molecule has 1 rings (SSSR count). The van der Waals surface area contributed by atoms with Crippen molar-refractivity contribution in [1.82, 2.24) is 5.01 Å². The van der Waals surface area contributed by atoms with Gasteiger partial charge in [0, 0.05) is 19.7 Å². The fraction of sp³-hybridized carbons (Fsp3) is 0.750. The molecular weight excluding hydrogens is 140 g/mol. The molecule has 1 heterocycles. The molecule has 0 radical (unpaired) electrons. The number of hydrogen-bond acceptors (Lipinski definition) is 2. The van der Waals surface area contributed by atoms with Gasteiger partial charge in [0.15, 0.2) is 0 Å². The van der Waals surface area contributed by atoms with Crippen molar-refractivity contribution >= 4 is 12.1 Å². The van der Waals surface area contributed by atoms with Crippen LogP contribution in [0.2, 0.25) is 0 Å². The van der Waals surface area contributed by atoms with Crippen molar-refractivity contribution in [3.05, 3.63) is 0 Å². The number of carbonyl (C=O) groups excluding carboxylic acids is 1. The Hall–Kier alpha value is -0.860. The Balaban J connectivity index is 0.000000461. The first-order valence-electron chi connectivity index (χ1n) is 4.09. The molecule has 64 valence electrons. The van der Waals surface area contributed by atoms with Gasteiger partial charge in [-0.3, -0.25) is 4.79 Å². The van der Waals surface area contributed by atoms with E-state index >= 15 is 0 Å². The van der Waals surface area contributed by atoms with Gasteiger partial charge < -0.3 is 0 Å². The van der Waals surface area contributed by atoms with Crippen molar-refractivity contribution in [3.63, 3.8) is 0 Å². The van der Waals surface area contributed by atoms with E-state index in [4.69, 9.17) is 0 Å². The van der Waals surface area contributed by atoms with E-state index in [1.54, 1.807) is 13.3 Å². The molecule has 0 N–H and O–H groups in total. The van der Waals surface area contributed by atoms with Gasteiger partial charge in [-0.15, -0.1) is 0 Å². The van der Waals surface area contributed by atoms with Crippen LogP contribution >= 0.6 is 0 Å². The summed E-state index contributed by atoms with van der Waals surface area (Å²) in [4.78, 5) is 10.8. The first-order valence-corrected chi connectivity index (χ1v) is 4.09. The minimum Gasteiger partial charge on any atom is -0.273 e. The Bertz CT molecular complexity index is 143. The summed E-state index contributed by atoms with van der Waals surface area (Å²) in [5.74, 6) is 0.115. The number of carbonyl (C=O) groups is 1. The smallest absolute Gasteiger partial charge is 0.242 e. The fourth-order valence-corrected chi connectivity index (χ4v) is 0.751. The average Bonchev–Trinajstić information content (AvgIpc) is 2.22. The molecule has 1 aliphatic heterocycles. The minimum atomic E-state index is 0.115. The van der Waals surface area contributed by atoms with Crippen LogP contribution in [0.1, 0.15) is 33.1 Å². The topological polar surface area (TPSA) is 32.7 Å². The molecule has 3 nitrogen and oxygen atoms in total. The number of hydrogen-bond donors (Lipinski definition) is 0. The maximum absolute atomic E-state index is 10.8. The molecule has 0 aromatic heterocycles. The summed E-state index contributed by atoms with van der Waals surface area (Å²) in [7, 11) is 1.68. The lowest BCUT2D eigenvalue weighted by Crippen LogP contribution is -2.18. The lowest BCUT2D eigenvalue weighted by atomic mass is 10.2. The molecule has 11 heavy (non-hydrogen) atoms. The maximum atomic E-state index is 10.8. The maximum Gasteiger partial charge on any atom is 0.242 e. The van der Waals surface area contributed by atoms with E-state index in [9.17, 15) is 4.79 Å². The summed E-state index contributed by atoms with van der Waals surface area (Å²) in [5, 5.41) is 5.26. The van der Waals surface area contributed by atoms with Gasteiger partial charge in [-0.25, -0.2) is 5.01 Å². The van der Waals surface area contributed by atoms with Crippen LogP contribution in [0, 0.1) is 0 Å². The van der Waals surface area contributed by atoms with Gasteiger partial charge in [-0.1, -0.05) is 13.8 Å². The molecule has 0 unspecified atom stereocenters. The molecule has 0 aromatic rings. The van der Waals surface area contributed by atoms with Crippen LogP contribution in [0.15, 0.2) is 5.10 Å². The van der Waals surface area contributed by atoms with E-state index in [0.29, 0.717) is 6.42 Å². The van der Waals surface area contributed by atoms with Crippen molar-refractivity contribution < 1.29 is 4.79 Å². The summed E-state index contributed by atoms with van der Waals surface area (Å²) >= 11 is 0. The van der Waals surface area contributed by atoms with Gasteiger partial charge in [0.25, 0.3) is 0 Å². The fourth-order valence-electron chi connectivity index (χ4n) is 0.751. The van der Waals surface area contributed by atoms with Crippen LogP contribution in [-0.2, 0) is 4.79 Å². The normalized spacial score (nSPS) is 17.0. The minimum absolute atomic E-state index is 0.115. The Kier molecular flexibility index (Phi) is 5.43. The van der Waals surface area contributed by atoms with Crippen molar-refractivity contribution in [2.75, 3.05) is 7.05 Å². The summed E-state index contributed by atoms with van der Waals surface area (Å²) in [6.45, 7) is 4.00. The molecule has 3 heteroatoms. The number of nitrogens with zero attached hydrogens (tertiary/aromatic N) is 2. The first-order chi connectivity index (χ1) is 5.30. The van der Waals surface area contributed by atoms with Gasteiger partial charge in [-0.05, 0) is 12.8 Å². The number of amides is 1. The lowest BCUT2D eigenvalue weighted by molar-refractivity contribution is -0.129. The Morgan fingerprint density at radius 1 is 1.55 bits per heavy atom. The molecule has 1 aliphatic rings. The zero-order valence-electron chi connectivity index (χ0n) is 7.50. The van der Waals surface area contributed by atoms with Crippen LogP contribution in [0.5, 0.6) is 0 Å². The zero-order valence-corrected chi connectivity index (χ0v) is 7.50. The second-order valence-electron chi connectivity index (χ2n) is 2.11. The molecule has 0 bridgehead atoms. The van der Waals surface area contributed by atoms with Gasteiger partial charge in [0.05, 0.1) is 0 Å². The molecule has 0 saturated heterocycles. The van der Waals surface area contributed by atoms with Gasteiger partial charge in [-0.2, -0.15) is 5.10 Å². The monoisotopic (exact) mass is 156 g/mol. The van der Waals surface area contributed by atoms with Crippen LogP contribution < -0.4 is 0 Å². The highest BCUT2D eigenvalue weighted by Gasteiger charge is 2.07. The average molecular weight is 156 g/mol. The summed E-state index contributed by atoms with van der Waals surface area (Å²) in [6, 6.07) is 0. The summed E-state index contributed by atoms with van der Waals surface area (Å²) in [6.07, 6.45) is 4.28. The lowest BCUT2D eigenvalue weighted by Gasteiger charge is -2.05. The second kappa shape index (κ2) is 5.89. The van der Waals surface area contributed by atoms with Crippen LogP contribution in [0.25, 0.3) is 0 Å². The Morgan fingerprint density at radius 3 is 2.82 bits per heavy atom. The van der Waals surface area contributed by atoms with E-state index in [2.05, 4.69) is 5.10 Å². The van der Waals surface area contributed by atoms with Gasteiger partial charge in [0.1, 0.15) is 0 Å². The van der Waals surface area contributed by atoms with Crippen molar-refractivity contribution in [2.45, 2.75) is 33.1 Å². The third-order valence-electron chi connectivity index (χ3n) is 1.34. The van der Waals surface area contributed by atoms with Crippen LogP contribution in [-0.4, -0.2) is 24.2 Å². The third kappa shape index (κ3) is 3.75. The second-order valence-corrected chi connectivity index (χ2v) is 2.11.